The molecule has 0 bridgehead atoms. The minimum absolute atomic E-state index is 0.105. The van der Waals surface area contributed by atoms with Crippen molar-refractivity contribution in [2.24, 2.45) is 0 Å². The number of amides is 1. The summed E-state index contributed by atoms with van der Waals surface area (Å²) in [5.41, 5.74) is 1.92. The second-order valence-electron chi connectivity index (χ2n) is 3.58. The van der Waals surface area contributed by atoms with Gasteiger partial charge in [-0.15, -0.1) is 0 Å². The van der Waals surface area contributed by atoms with E-state index in [-0.39, 0.29) is 5.91 Å². The maximum absolute atomic E-state index is 11.4. The summed E-state index contributed by atoms with van der Waals surface area (Å²) in [6.45, 7) is 0.618. The van der Waals surface area contributed by atoms with Gasteiger partial charge < -0.3 is 15.3 Å². The molecule has 0 aromatic carbocycles. The molecule has 2 aromatic heterocycles. The Bertz CT molecular complexity index is 471. The van der Waals surface area contributed by atoms with Gasteiger partial charge in [-0.25, -0.2) is 4.98 Å². The lowest BCUT2D eigenvalue weighted by Crippen LogP contribution is -2.23. The van der Waals surface area contributed by atoms with Crippen molar-refractivity contribution in [2.45, 2.75) is 6.42 Å². The van der Waals surface area contributed by atoms with Gasteiger partial charge in [-0.2, -0.15) is 0 Å². The van der Waals surface area contributed by atoms with Crippen molar-refractivity contribution in [2.75, 3.05) is 6.54 Å². The van der Waals surface area contributed by atoms with Crippen LogP contribution < -0.4 is 5.32 Å². The number of aromatic nitrogens is 3. The van der Waals surface area contributed by atoms with E-state index >= 15 is 0 Å². The smallest absolute Gasteiger partial charge is 0.244 e. The first-order chi connectivity index (χ1) is 8.34. The van der Waals surface area contributed by atoms with Crippen LogP contribution in [0.1, 0.15) is 11.4 Å². The number of carbonyl (C=O) groups is 1. The Morgan fingerprint density at radius 3 is 3.12 bits per heavy atom. The predicted octanol–water partition coefficient (Wildman–Crippen LogP) is 1.11. The van der Waals surface area contributed by atoms with Crippen LogP contribution in [-0.2, 0) is 11.2 Å². The molecule has 0 fully saturated rings. The molecule has 5 heteroatoms. The molecule has 2 aromatic rings. The van der Waals surface area contributed by atoms with Crippen LogP contribution in [0.4, 0.5) is 0 Å². The minimum Gasteiger partial charge on any atom is -0.365 e. The summed E-state index contributed by atoms with van der Waals surface area (Å²) in [5, 5.41) is 2.80. The van der Waals surface area contributed by atoms with E-state index in [1.165, 1.54) is 6.08 Å². The fourth-order valence-electron chi connectivity index (χ4n) is 1.43. The summed E-state index contributed by atoms with van der Waals surface area (Å²) in [7, 11) is 0. The van der Waals surface area contributed by atoms with E-state index in [0.29, 0.717) is 6.54 Å². The summed E-state index contributed by atoms with van der Waals surface area (Å²) >= 11 is 0. The molecule has 0 unspecified atom stereocenters. The summed E-state index contributed by atoms with van der Waals surface area (Å²) in [4.78, 5) is 21.2. The highest BCUT2D eigenvalue weighted by Crippen LogP contribution is 1.95. The Hall–Kier alpha value is -2.30. The zero-order chi connectivity index (χ0) is 11.9. The van der Waals surface area contributed by atoms with Crippen LogP contribution in [-0.4, -0.2) is 27.4 Å². The molecule has 0 aliphatic rings. The molecule has 0 saturated carbocycles. The number of H-pyrrole nitrogens is 2. The van der Waals surface area contributed by atoms with E-state index in [1.807, 2.05) is 18.3 Å². The van der Waals surface area contributed by atoms with Gasteiger partial charge in [0.05, 0.1) is 18.2 Å². The molecule has 5 nitrogen and oxygen atoms in total. The van der Waals surface area contributed by atoms with E-state index < -0.39 is 0 Å². The van der Waals surface area contributed by atoms with Gasteiger partial charge in [-0.3, -0.25) is 4.79 Å². The Labute approximate surface area is 99.0 Å². The molecule has 0 aliphatic carbocycles. The summed E-state index contributed by atoms with van der Waals surface area (Å²) in [6.07, 6.45) is 9.08. The van der Waals surface area contributed by atoms with E-state index in [2.05, 4.69) is 20.3 Å². The van der Waals surface area contributed by atoms with Gasteiger partial charge in [-0.1, -0.05) is 0 Å². The van der Waals surface area contributed by atoms with Gasteiger partial charge in [-0.05, 0) is 18.2 Å². The van der Waals surface area contributed by atoms with Crippen LogP contribution in [0, 0.1) is 0 Å². The van der Waals surface area contributed by atoms with Gasteiger partial charge in [0.2, 0.25) is 5.91 Å². The van der Waals surface area contributed by atoms with Gasteiger partial charge in [0.25, 0.3) is 0 Å². The fraction of sp³-hybridized carbons (Fsp3) is 0.167. The van der Waals surface area contributed by atoms with Crippen molar-refractivity contribution >= 4 is 12.0 Å². The Morgan fingerprint density at radius 2 is 2.41 bits per heavy atom. The molecule has 0 atom stereocenters. The number of nitrogens with zero attached hydrogens (tertiary/aromatic N) is 1. The number of hydrogen-bond donors (Lipinski definition) is 3. The van der Waals surface area contributed by atoms with Gasteiger partial charge in [0.1, 0.15) is 0 Å². The minimum atomic E-state index is -0.105. The molecule has 2 heterocycles. The van der Waals surface area contributed by atoms with Gasteiger partial charge in [0.15, 0.2) is 0 Å². The maximum Gasteiger partial charge on any atom is 0.244 e. The Morgan fingerprint density at radius 1 is 1.47 bits per heavy atom. The van der Waals surface area contributed by atoms with Gasteiger partial charge >= 0.3 is 0 Å². The lowest BCUT2D eigenvalue weighted by atomic mass is 10.3. The summed E-state index contributed by atoms with van der Waals surface area (Å²) < 4.78 is 0. The van der Waals surface area contributed by atoms with Crippen LogP contribution in [0.2, 0.25) is 0 Å². The molecular weight excluding hydrogens is 216 g/mol. The van der Waals surface area contributed by atoms with Crippen molar-refractivity contribution in [3.63, 3.8) is 0 Å². The summed E-state index contributed by atoms with van der Waals surface area (Å²) in [5.74, 6) is -0.105. The molecule has 17 heavy (non-hydrogen) atoms. The number of rotatable bonds is 5. The second-order valence-corrected chi connectivity index (χ2v) is 3.58. The first-order valence-corrected chi connectivity index (χ1v) is 5.41. The maximum atomic E-state index is 11.4. The van der Waals surface area contributed by atoms with Crippen molar-refractivity contribution in [3.8, 4) is 0 Å². The predicted molar refractivity (Wildman–Crippen MR) is 65.1 cm³/mol. The SMILES string of the molecule is O=C(/C=C/c1cnc[nH]1)NCCc1ccc[nH]1. The number of hydrogen-bond acceptors (Lipinski definition) is 2. The lowest BCUT2D eigenvalue weighted by molar-refractivity contribution is -0.116. The zero-order valence-corrected chi connectivity index (χ0v) is 9.31. The van der Waals surface area contributed by atoms with Crippen LogP contribution in [0.25, 0.3) is 6.08 Å². The number of carbonyl (C=O) groups excluding carboxylic acids is 1. The number of aromatic amines is 2. The number of imidazole rings is 1. The first-order valence-electron chi connectivity index (χ1n) is 5.41. The van der Waals surface area contributed by atoms with Crippen LogP contribution >= 0.6 is 0 Å². The third-order valence-corrected chi connectivity index (χ3v) is 2.29. The molecule has 0 aliphatic heterocycles. The Balaban J connectivity index is 1.71. The average molecular weight is 230 g/mol. The van der Waals surface area contributed by atoms with Crippen LogP contribution in [0.15, 0.2) is 36.9 Å². The molecule has 2 rings (SSSR count). The van der Waals surface area contributed by atoms with Crippen molar-refractivity contribution in [1.82, 2.24) is 20.3 Å². The van der Waals surface area contributed by atoms with Crippen molar-refractivity contribution < 1.29 is 4.79 Å². The highest BCUT2D eigenvalue weighted by molar-refractivity contribution is 5.91. The molecule has 0 saturated heterocycles. The average Bonchev–Trinajstić information content (AvgIpc) is 2.99. The second kappa shape index (κ2) is 5.69. The molecular formula is C12H14N4O. The zero-order valence-electron chi connectivity index (χ0n) is 9.31. The molecule has 0 spiro atoms. The van der Waals surface area contributed by atoms with E-state index in [1.54, 1.807) is 18.6 Å². The first kappa shape index (κ1) is 11.2. The normalized spacial score (nSPS) is 10.8. The highest BCUT2D eigenvalue weighted by Gasteiger charge is 1.96. The topological polar surface area (TPSA) is 73.6 Å². The molecule has 3 N–H and O–H groups in total. The van der Waals surface area contributed by atoms with Crippen molar-refractivity contribution in [1.29, 1.82) is 0 Å². The quantitative estimate of drug-likeness (QED) is 0.673. The fourth-order valence-corrected chi connectivity index (χ4v) is 1.43. The largest absolute Gasteiger partial charge is 0.365 e. The van der Waals surface area contributed by atoms with Crippen LogP contribution in [0.5, 0.6) is 0 Å². The van der Waals surface area contributed by atoms with E-state index in [9.17, 15) is 4.79 Å². The van der Waals surface area contributed by atoms with E-state index in [4.69, 9.17) is 0 Å². The number of nitrogens with one attached hydrogen (secondary N) is 3. The summed E-state index contributed by atoms with van der Waals surface area (Å²) in [6, 6.07) is 3.93. The molecule has 0 radical (unpaired) electrons. The third kappa shape index (κ3) is 3.64. The van der Waals surface area contributed by atoms with Gasteiger partial charge in [0, 0.05) is 30.9 Å². The third-order valence-electron chi connectivity index (χ3n) is 2.29. The molecule has 1 amide bonds. The Kier molecular flexibility index (Phi) is 3.75. The molecule has 88 valence electrons. The lowest BCUT2D eigenvalue weighted by Gasteiger charge is -2.00. The van der Waals surface area contributed by atoms with Crippen molar-refractivity contribution in [3.05, 3.63) is 48.3 Å². The monoisotopic (exact) mass is 230 g/mol. The standard InChI is InChI=1S/C12H14N4O/c17-12(4-3-11-8-13-9-16-11)15-7-5-10-2-1-6-14-10/h1-4,6,8-9,14H,5,7H2,(H,13,16)(H,15,17)/b4-3+. The highest BCUT2D eigenvalue weighted by atomic mass is 16.1. The van der Waals surface area contributed by atoms with E-state index in [0.717, 1.165) is 17.8 Å². The van der Waals surface area contributed by atoms with Crippen LogP contribution in [0.3, 0.4) is 0 Å².